The lowest BCUT2D eigenvalue weighted by Crippen LogP contribution is -2.46. The van der Waals surface area contributed by atoms with Gasteiger partial charge < -0.3 is 9.64 Å². The third-order valence-corrected chi connectivity index (χ3v) is 4.42. The first-order valence-corrected chi connectivity index (χ1v) is 7.25. The van der Waals surface area contributed by atoms with Gasteiger partial charge in [-0.2, -0.15) is 0 Å². The summed E-state index contributed by atoms with van der Waals surface area (Å²) in [5.41, 5.74) is 0.501. The van der Waals surface area contributed by atoms with E-state index in [1.165, 1.54) is 0 Å². The molecule has 3 nitrogen and oxygen atoms in total. The number of hydrogen-bond acceptors (Lipinski definition) is 2. The van der Waals surface area contributed by atoms with Gasteiger partial charge in [0.1, 0.15) is 0 Å². The molecule has 1 aromatic rings. The standard InChI is InChI=1S/C12H12BrCl2NO2/c13-10-3-1-2-9(11(10)15)12(17)16-4-5-18-8(6-14)7-16/h1-3,8H,4-7H2. The summed E-state index contributed by atoms with van der Waals surface area (Å²) in [6, 6.07) is 5.32. The Labute approximate surface area is 124 Å². The quantitative estimate of drug-likeness (QED) is 0.765. The van der Waals surface area contributed by atoms with E-state index in [0.29, 0.717) is 36.2 Å². The normalized spacial score (nSPS) is 19.9. The van der Waals surface area contributed by atoms with Gasteiger partial charge in [0.05, 0.1) is 29.2 Å². The summed E-state index contributed by atoms with van der Waals surface area (Å²) in [7, 11) is 0. The number of alkyl halides is 1. The van der Waals surface area contributed by atoms with Gasteiger partial charge in [0, 0.05) is 17.6 Å². The predicted molar refractivity (Wildman–Crippen MR) is 75.5 cm³/mol. The predicted octanol–water partition coefficient (Wildman–Crippen LogP) is 3.18. The first kappa shape index (κ1) is 14.1. The van der Waals surface area contributed by atoms with Gasteiger partial charge in [-0.1, -0.05) is 17.7 Å². The van der Waals surface area contributed by atoms with Crippen molar-refractivity contribution in [3.05, 3.63) is 33.3 Å². The van der Waals surface area contributed by atoms with E-state index in [1.54, 1.807) is 23.1 Å². The van der Waals surface area contributed by atoms with Gasteiger partial charge >= 0.3 is 0 Å². The minimum atomic E-state index is -0.102. The minimum absolute atomic E-state index is 0.0836. The first-order chi connectivity index (χ1) is 8.63. The summed E-state index contributed by atoms with van der Waals surface area (Å²) < 4.78 is 6.15. The second-order valence-electron chi connectivity index (χ2n) is 4.00. The highest BCUT2D eigenvalue weighted by molar-refractivity contribution is 9.10. The van der Waals surface area contributed by atoms with E-state index in [9.17, 15) is 4.79 Å². The average molecular weight is 353 g/mol. The Morgan fingerprint density at radius 1 is 1.56 bits per heavy atom. The van der Waals surface area contributed by atoms with Crippen molar-refractivity contribution in [1.82, 2.24) is 4.90 Å². The van der Waals surface area contributed by atoms with Crippen LogP contribution in [0.5, 0.6) is 0 Å². The third-order valence-electron chi connectivity index (χ3n) is 2.78. The van der Waals surface area contributed by atoms with Crippen molar-refractivity contribution in [2.24, 2.45) is 0 Å². The molecule has 0 saturated carbocycles. The molecular weight excluding hydrogens is 341 g/mol. The number of benzene rings is 1. The van der Waals surface area contributed by atoms with Crippen LogP contribution in [0.3, 0.4) is 0 Å². The molecule has 1 unspecified atom stereocenters. The van der Waals surface area contributed by atoms with Crippen LogP contribution in [0.4, 0.5) is 0 Å². The minimum Gasteiger partial charge on any atom is -0.373 e. The SMILES string of the molecule is O=C(c1cccc(Br)c1Cl)N1CCOC(CCl)C1. The van der Waals surface area contributed by atoms with Crippen molar-refractivity contribution >= 4 is 45.0 Å². The highest BCUT2D eigenvalue weighted by Gasteiger charge is 2.26. The van der Waals surface area contributed by atoms with Crippen LogP contribution in [0, 0.1) is 0 Å². The Hall–Kier alpha value is -0.290. The lowest BCUT2D eigenvalue weighted by molar-refractivity contribution is -0.0108. The van der Waals surface area contributed by atoms with Crippen molar-refractivity contribution in [2.75, 3.05) is 25.6 Å². The van der Waals surface area contributed by atoms with E-state index >= 15 is 0 Å². The van der Waals surface area contributed by atoms with Crippen molar-refractivity contribution < 1.29 is 9.53 Å². The smallest absolute Gasteiger partial charge is 0.255 e. The molecule has 0 spiro atoms. The number of ether oxygens (including phenoxy) is 1. The summed E-state index contributed by atoms with van der Waals surface area (Å²) in [6.07, 6.45) is -0.102. The number of amides is 1. The Bertz CT molecular complexity index is 456. The fraction of sp³-hybridized carbons (Fsp3) is 0.417. The summed E-state index contributed by atoms with van der Waals surface area (Å²) in [5.74, 6) is 0.301. The maximum atomic E-state index is 12.4. The lowest BCUT2D eigenvalue weighted by atomic mass is 10.1. The molecule has 2 rings (SSSR count). The zero-order valence-electron chi connectivity index (χ0n) is 9.54. The Morgan fingerprint density at radius 2 is 2.33 bits per heavy atom. The zero-order valence-corrected chi connectivity index (χ0v) is 12.6. The van der Waals surface area contributed by atoms with Crippen molar-refractivity contribution in [3.8, 4) is 0 Å². The second-order valence-corrected chi connectivity index (χ2v) is 5.54. The van der Waals surface area contributed by atoms with Crippen molar-refractivity contribution in [3.63, 3.8) is 0 Å². The molecule has 1 atom stereocenters. The lowest BCUT2D eigenvalue weighted by Gasteiger charge is -2.32. The fourth-order valence-corrected chi connectivity index (χ4v) is 2.60. The molecule has 1 aromatic carbocycles. The van der Waals surface area contributed by atoms with Crippen LogP contribution in [0.15, 0.2) is 22.7 Å². The van der Waals surface area contributed by atoms with Crippen LogP contribution in [0.1, 0.15) is 10.4 Å². The molecule has 0 aliphatic carbocycles. The third kappa shape index (κ3) is 2.99. The average Bonchev–Trinajstić information content (AvgIpc) is 2.41. The number of carbonyl (C=O) groups excluding carboxylic acids is 1. The number of nitrogens with zero attached hydrogens (tertiary/aromatic N) is 1. The molecule has 1 saturated heterocycles. The van der Waals surface area contributed by atoms with E-state index in [4.69, 9.17) is 27.9 Å². The largest absolute Gasteiger partial charge is 0.373 e. The van der Waals surface area contributed by atoms with Crippen LogP contribution in [0.25, 0.3) is 0 Å². The van der Waals surface area contributed by atoms with Crippen LogP contribution in [-0.4, -0.2) is 42.5 Å². The molecule has 1 aliphatic heterocycles. The number of carbonyl (C=O) groups is 1. The molecule has 0 aromatic heterocycles. The summed E-state index contributed by atoms with van der Waals surface area (Å²) in [6.45, 7) is 1.58. The van der Waals surface area contributed by atoms with Crippen LogP contribution in [0.2, 0.25) is 5.02 Å². The molecule has 1 heterocycles. The summed E-state index contributed by atoms with van der Waals surface area (Å²) >= 11 is 15.2. The van der Waals surface area contributed by atoms with Crippen LogP contribution in [-0.2, 0) is 4.74 Å². The number of halogens is 3. The topological polar surface area (TPSA) is 29.5 Å². The van der Waals surface area contributed by atoms with E-state index in [0.717, 1.165) is 4.47 Å². The monoisotopic (exact) mass is 351 g/mol. The molecule has 1 amide bonds. The number of hydrogen-bond donors (Lipinski definition) is 0. The van der Waals surface area contributed by atoms with Crippen molar-refractivity contribution in [1.29, 1.82) is 0 Å². The molecule has 6 heteroatoms. The molecule has 18 heavy (non-hydrogen) atoms. The molecule has 0 radical (unpaired) electrons. The number of morpholine rings is 1. The Kier molecular flexibility index (Phi) is 4.90. The molecule has 98 valence electrons. The molecule has 0 bridgehead atoms. The summed E-state index contributed by atoms with van der Waals surface area (Å²) in [4.78, 5) is 14.1. The second kappa shape index (κ2) is 6.24. The molecule has 1 fully saturated rings. The first-order valence-electron chi connectivity index (χ1n) is 5.54. The van der Waals surface area contributed by atoms with E-state index in [1.807, 2.05) is 0 Å². The van der Waals surface area contributed by atoms with Crippen molar-refractivity contribution in [2.45, 2.75) is 6.10 Å². The van der Waals surface area contributed by atoms with Gasteiger partial charge in [-0.05, 0) is 28.1 Å². The fourth-order valence-electron chi connectivity index (χ4n) is 1.84. The molecular formula is C12H12BrCl2NO2. The molecule has 0 N–H and O–H groups in total. The molecule has 1 aliphatic rings. The zero-order chi connectivity index (χ0) is 13.1. The van der Waals surface area contributed by atoms with Crippen LogP contribution >= 0.6 is 39.1 Å². The van der Waals surface area contributed by atoms with Gasteiger partial charge in [-0.25, -0.2) is 0 Å². The van der Waals surface area contributed by atoms with Gasteiger partial charge in [-0.15, -0.1) is 11.6 Å². The highest BCUT2D eigenvalue weighted by Crippen LogP contribution is 2.27. The van der Waals surface area contributed by atoms with Gasteiger partial charge in [0.2, 0.25) is 0 Å². The number of rotatable bonds is 2. The summed E-state index contributed by atoms with van der Waals surface area (Å²) in [5, 5.41) is 0.441. The van der Waals surface area contributed by atoms with Gasteiger partial charge in [-0.3, -0.25) is 4.79 Å². The Morgan fingerprint density at radius 3 is 3.06 bits per heavy atom. The van der Waals surface area contributed by atoms with Crippen LogP contribution < -0.4 is 0 Å². The van der Waals surface area contributed by atoms with Gasteiger partial charge in [0.25, 0.3) is 5.91 Å². The van der Waals surface area contributed by atoms with E-state index < -0.39 is 0 Å². The Balaban J connectivity index is 2.18. The maximum absolute atomic E-state index is 12.4. The van der Waals surface area contributed by atoms with E-state index in [-0.39, 0.29) is 12.0 Å². The van der Waals surface area contributed by atoms with Gasteiger partial charge in [0.15, 0.2) is 0 Å². The van der Waals surface area contributed by atoms with E-state index in [2.05, 4.69) is 15.9 Å². The highest BCUT2D eigenvalue weighted by atomic mass is 79.9. The maximum Gasteiger partial charge on any atom is 0.255 e.